The van der Waals surface area contributed by atoms with Gasteiger partial charge < -0.3 is 0 Å². The lowest BCUT2D eigenvalue weighted by molar-refractivity contribution is -0.115. The molecule has 2 aromatic carbocycles. The number of carbonyl (C=O) groups is 2. The maximum absolute atomic E-state index is 12.3. The Bertz CT molecular complexity index is 1050. The molecule has 0 unspecified atom stereocenters. The van der Waals surface area contributed by atoms with Gasteiger partial charge >= 0.3 is 0 Å². The zero-order valence-electron chi connectivity index (χ0n) is 15.8. The van der Waals surface area contributed by atoms with E-state index >= 15 is 0 Å². The first-order valence-electron chi connectivity index (χ1n) is 8.66. The van der Waals surface area contributed by atoms with Crippen LogP contribution < -0.4 is 4.90 Å². The molecule has 4 nitrogen and oxygen atoms in total. The van der Waals surface area contributed by atoms with Crippen LogP contribution in [-0.2, 0) is 4.79 Å². The zero-order chi connectivity index (χ0) is 20.3. The summed E-state index contributed by atoms with van der Waals surface area (Å²) in [6.45, 7) is 5.55. The van der Waals surface area contributed by atoms with Crippen molar-refractivity contribution in [3.05, 3.63) is 81.3 Å². The lowest BCUT2D eigenvalue weighted by Crippen LogP contribution is -2.22. The minimum Gasteiger partial charge on any atom is -0.289 e. The molecule has 1 amide bonds. The Balaban J connectivity index is 1.82. The van der Waals surface area contributed by atoms with Gasteiger partial charge in [-0.1, -0.05) is 17.7 Å². The summed E-state index contributed by atoms with van der Waals surface area (Å²) in [5, 5.41) is 2.97. The first kappa shape index (κ1) is 20.0. The molecule has 1 heterocycles. The average Bonchev–Trinajstić information content (AvgIpc) is 3.11. The van der Waals surface area contributed by atoms with Gasteiger partial charge in [0.05, 0.1) is 11.4 Å². The third kappa shape index (κ3) is 4.55. The third-order valence-electron chi connectivity index (χ3n) is 4.30. The van der Waals surface area contributed by atoms with E-state index in [1.165, 1.54) is 24.3 Å². The smallest absolute Gasteiger partial charge is 0.230 e. The molecule has 3 aromatic rings. The molecule has 0 spiro atoms. The molecule has 6 heteroatoms. The fourth-order valence-electron chi connectivity index (χ4n) is 2.62. The maximum atomic E-state index is 12.3. The molecule has 0 atom stereocenters. The van der Waals surface area contributed by atoms with E-state index in [1.807, 2.05) is 37.4 Å². The number of aryl methyl sites for hydroxylation is 2. The van der Waals surface area contributed by atoms with Crippen LogP contribution in [0.4, 0.5) is 10.8 Å². The normalized spacial score (nSPS) is 11.0. The van der Waals surface area contributed by atoms with Crippen LogP contribution in [0.3, 0.4) is 0 Å². The Labute approximate surface area is 173 Å². The minimum absolute atomic E-state index is 0.120. The summed E-state index contributed by atoms with van der Waals surface area (Å²) >= 11 is 7.20. The van der Waals surface area contributed by atoms with E-state index in [0.717, 1.165) is 16.8 Å². The van der Waals surface area contributed by atoms with Gasteiger partial charge in [-0.15, -0.1) is 11.3 Å². The molecule has 0 saturated carbocycles. The van der Waals surface area contributed by atoms with Crippen LogP contribution in [0, 0.1) is 13.8 Å². The molecule has 0 aliphatic heterocycles. The van der Waals surface area contributed by atoms with Gasteiger partial charge in [-0.2, -0.15) is 0 Å². The highest BCUT2D eigenvalue weighted by Gasteiger charge is 2.18. The topological polar surface area (TPSA) is 50.3 Å². The number of anilines is 2. The average molecular weight is 411 g/mol. The SMILES string of the molecule is CC(=O)N(c1ccc(C)c(C)c1)c1nc(/C=C/C(=O)c2ccc(Cl)cc2)cs1. The lowest BCUT2D eigenvalue weighted by Gasteiger charge is -2.19. The second-order valence-corrected chi connectivity index (χ2v) is 7.66. The summed E-state index contributed by atoms with van der Waals surface area (Å²) in [7, 11) is 0. The minimum atomic E-state index is -0.135. The summed E-state index contributed by atoms with van der Waals surface area (Å²) in [6, 6.07) is 12.6. The Hall–Kier alpha value is -2.76. The number of amides is 1. The van der Waals surface area contributed by atoms with Crippen LogP contribution in [0.2, 0.25) is 5.02 Å². The van der Waals surface area contributed by atoms with Gasteiger partial charge in [0, 0.05) is 22.9 Å². The predicted molar refractivity (Wildman–Crippen MR) is 116 cm³/mol. The fraction of sp³-hybridized carbons (Fsp3) is 0.136. The Kier molecular flexibility index (Phi) is 6.07. The molecule has 1 aromatic heterocycles. The van der Waals surface area contributed by atoms with Crippen molar-refractivity contribution in [1.29, 1.82) is 0 Å². The Morgan fingerprint density at radius 2 is 1.79 bits per heavy atom. The van der Waals surface area contributed by atoms with Crippen molar-refractivity contribution in [2.24, 2.45) is 0 Å². The van der Waals surface area contributed by atoms with E-state index in [0.29, 0.717) is 21.4 Å². The van der Waals surface area contributed by atoms with Gasteiger partial charge in [0.1, 0.15) is 0 Å². The van der Waals surface area contributed by atoms with Gasteiger partial charge in [-0.25, -0.2) is 4.98 Å². The van der Waals surface area contributed by atoms with Crippen LogP contribution in [0.25, 0.3) is 6.08 Å². The first-order chi connectivity index (χ1) is 13.3. The van der Waals surface area contributed by atoms with Crippen molar-refractivity contribution in [2.75, 3.05) is 4.90 Å². The molecular weight excluding hydrogens is 392 g/mol. The van der Waals surface area contributed by atoms with Gasteiger partial charge in [-0.3, -0.25) is 14.5 Å². The maximum Gasteiger partial charge on any atom is 0.230 e. The fourth-order valence-corrected chi connectivity index (χ4v) is 3.60. The lowest BCUT2D eigenvalue weighted by atomic mass is 10.1. The van der Waals surface area contributed by atoms with Crippen LogP contribution in [0.1, 0.15) is 34.1 Å². The second-order valence-electron chi connectivity index (χ2n) is 6.38. The summed E-state index contributed by atoms with van der Waals surface area (Å²) in [6.07, 6.45) is 3.12. The van der Waals surface area contributed by atoms with E-state index in [4.69, 9.17) is 11.6 Å². The number of thiazole rings is 1. The van der Waals surface area contributed by atoms with Gasteiger partial charge in [0.2, 0.25) is 5.91 Å². The van der Waals surface area contributed by atoms with E-state index in [2.05, 4.69) is 4.98 Å². The molecule has 0 N–H and O–H groups in total. The second kappa shape index (κ2) is 8.50. The predicted octanol–water partition coefficient (Wildman–Crippen LogP) is 5.99. The molecule has 0 aliphatic carbocycles. The number of nitrogens with zero attached hydrogens (tertiary/aromatic N) is 2. The van der Waals surface area contributed by atoms with Crippen molar-refractivity contribution in [1.82, 2.24) is 4.98 Å². The number of halogens is 1. The summed E-state index contributed by atoms with van der Waals surface area (Å²) in [5.74, 6) is -0.255. The number of allylic oxidation sites excluding steroid dienone is 1. The van der Waals surface area contributed by atoms with E-state index in [1.54, 1.807) is 35.2 Å². The van der Waals surface area contributed by atoms with Gasteiger partial charge in [-0.05, 0) is 73.5 Å². The molecule has 0 fully saturated rings. The standard InChI is InChI=1S/C22H19ClN2O2S/c1-14-4-10-20(12-15(14)2)25(16(3)26)22-24-19(13-28-22)9-11-21(27)17-5-7-18(23)8-6-17/h4-13H,1-3H3/b11-9+. The molecule has 28 heavy (non-hydrogen) atoms. The summed E-state index contributed by atoms with van der Waals surface area (Å²) < 4.78 is 0. The highest BCUT2D eigenvalue weighted by molar-refractivity contribution is 7.14. The van der Waals surface area contributed by atoms with Crippen LogP contribution >= 0.6 is 22.9 Å². The number of carbonyl (C=O) groups excluding carboxylic acids is 2. The number of hydrogen-bond acceptors (Lipinski definition) is 4. The van der Waals surface area contributed by atoms with Crippen molar-refractivity contribution in [3.63, 3.8) is 0 Å². The number of rotatable bonds is 5. The molecule has 142 valence electrons. The van der Waals surface area contributed by atoms with Gasteiger partial charge in [0.25, 0.3) is 0 Å². The molecule has 0 aliphatic rings. The van der Waals surface area contributed by atoms with E-state index in [-0.39, 0.29) is 11.7 Å². The molecule has 0 saturated heterocycles. The van der Waals surface area contributed by atoms with E-state index in [9.17, 15) is 9.59 Å². The van der Waals surface area contributed by atoms with Gasteiger partial charge in [0.15, 0.2) is 10.9 Å². The monoisotopic (exact) mass is 410 g/mol. The van der Waals surface area contributed by atoms with Crippen molar-refractivity contribution in [2.45, 2.75) is 20.8 Å². The van der Waals surface area contributed by atoms with Crippen LogP contribution in [0.5, 0.6) is 0 Å². The summed E-state index contributed by atoms with van der Waals surface area (Å²) in [5.41, 5.74) is 4.22. The highest BCUT2D eigenvalue weighted by Crippen LogP contribution is 2.30. The molecule has 3 rings (SSSR count). The quantitative estimate of drug-likeness (QED) is 0.383. The van der Waals surface area contributed by atoms with Crippen LogP contribution in [0.15, 0.2) is 53.9 Å². The largest absolute Gasteiger partial charge is 0.289 e. The number of hydrogen-bond donors (Lipinski definition) is 0. The zero-order valence-corrected chi connectivity index (χ0v) is 17.3. The molecule has 0 radical (unpaired) electrons. The van der Waals surface area contributed by atoms with Crippen molar-refractivity contribution < 1.29 is 9.59 Å². The first-order valence-corrected chi connectivity index (χ1v) is 9.92. The number of benzene rings is 2. The Morgan fingerprint density at radius 1 is 1.07 bits per heavy atom. The van der Waals surface area contributed by atoms with Crippen molar-refractivity contribution >= 4 is 51.5 Å². The van der Waals surface area contributed by atoms with E-state index < -0.39 is 0 Å². The molecular formula is C22H19ClN2O2S. The number of ketones is 1. The highest BCUT2D eigenvalue weighted by atomic mass is 35.5. The number of aromatic nitrogens is 1. The molecule has 0 bridgehead atoms. The summed E-state index contributed by atoms with van der Waals surface area (Å²) in [4.78, 5) is 30.6. The Morgan fingerprint density at radius 3 is 2.43 bits per heavy atom. The van der Waals surface area contributed by atoms with Crippen LogP contribution in [-0.4, -0.2) is 16.7 Å². The third-order valence-corrected chi connectivity index (χ3v) is 5.39. The van der Waals surface area contributed by atoms with Crippen molar-refractivity contribution in [3.8, 4) is 0 Å².